The molecule has 4 rings (SSSR count). The van der Waals surface area contributed by atoms with Gasteiger partial charge in [0.1, 0.15) is 0 Å². The number of rotatable bonds is 1. The highest BCUT2D eigenvalue weighted by atomic mass is 16.3. The molecule has 1 N–H and O–H groups in total. The summed E-state index contributed by atoms with van der Waals surface area (Å²) in [6, 6.07) is 0. The van der Waals surface area contributed by atoms with E-state index in [9.17, 15) is 9.90 Å². The van der Waals surface area contributed by atoms with Crippen molar-refractivity contribution in [1.29, 1.82) is 0 Å². The maximum Gasteiger partial charge on any atom is 0.155 e. The smallest absolute Gasteiger partial charge is 0.155 e. The fourth-order valence-electron chi connectivity index (χ4n) is 6.77. The van der Waals surface area contributed by atoms with Gasteiger partial charge in [-0.05, 0) is 79.6 Å². The van der Waals surface area contributed by atoms with Gasteiger partial charge < -0.3 is 5.11 Å². The summed E-state index contributed by atoms with van der Waals surface area (Å²) in [6.45, 7) is 4.68. The maximum absolute atomic E-state index is 11.8. The van der Waals surface area contributed by atoms with Gasteiger partial charge in [0.05, 0.1) is 6.10 Å². The molecule has 0 saturated heterocycles. The van der Waals surface area contributed by atoms with Crippen molar-refractivity contribution in [3.63, 3.8) is 0 Å². The number of fused-ring (bicyclic) bond motifs is 5. The van der Waals surface area contributed by atoms with Crippen molar-refractivity contribution in [1.82, 2.24) is 0 Å². The number of carbonyl (C=O) groups excluding carboxylic acids is 1. The Labute approximate surface area is 134 Å². The van der Waals surface area contributed by atoms with E-state index >= 15 is 0 Å². The molecule has 1 unspecified atom stereocenters. The standard InChI is InChI=1S/C20H30O2/c1-3-12-10-13-11-14(21)4-5-15(13)16-8-9-20(2)17(19(12)16)6-7-18(20)22/h11-12,15-19,22H,3-10H2,1-2H3/t12?,15-,16+,17-,18-,19+,20-/m0/s1. The van der Waals surface area contributed by atoms with Crippen molar-refractivity contribution < 1.29 is 9.90 Å². The monoisotopic (exact) mass is 302 g/mol. The van der Waals surface area contributed by atoms with E-state index in [-0.39, 0.29) is 11.5 Å². The van der Waals surface area contributed by atoms with E-state index in [4.69, 9.17) is 0 Å². The fraction of sp³-hybridized carbons (Fsp3) is 0.850. The van der Waals surface area contributed by atoms with E-state index in [1.807, 2.05) is 6.08 Å². The zero-order chi connectivity index (χ0) is 15.5. The molecule has 0 spiro atoms. The van der Waals surface area contributed by atoms with Crippen LogP contribution in [0, 0.1) is 35.0 Å². The SMILES string of the molecule is CCC1CC2=CC(=O)CC[C@@H]2[C@H]2CC[C@]3(C)[C@@H](O)CC[C@H]3[C@H]12. The Kier molecular flexibility index (Phi) is 3.52. The number of allylic oxidation sites excluding steroid dienone is 1. The van der Waals surface area contributed by atoms with Gasteiger partial charge in [-0.3, -0.25) is 4.79 Å². The molecule has 0 aromatic carbocycles. The van der Waals surface area contributed by atoms with E-state index in [1.165, 1.54) is 31.3 Å². The number of ketones is 1. The van der Waals surface area contributed by atoms with Gasteiger partial charge in [-0.1, -0.05) is 25.8 Å². The van der Waals surface area contributed by atoms with E-state index in [2.05, 4.69) is 13.8 Å². The van der Waals surface area contributed by atoms with Crippen LogP contribution in [0.2, 0.25) is 0 Å². The number of carbonyl (C=O) groups is 1. The first-order chi connectivity index (χ1) is 10.5. The van der Waals surface area contributed by atoms with Gasteiger partial charge in [0.15, 0.2) is 5.78 Å². The number of aliphatic hydroxyl groups is 1. The van der Waals surface area contributed by atoms with Gasteiger partial charge in [-0.25, -0.2) is 0 Å². The highest BCUT2D eigenvalue weighted by Crippen LogP contribution is 2.63. The van der Waals surface area contributed by atoms with Crippen LogP contribution < -0.4 is 0 Å². The Bertz CT molecular complexity index is 508. The number of hydrogen-bond acceptors (Lipinski definition) is 2. The van der Waals surface area contributed by atoms with Crippen LogP contribution in [0.5, 0.6) is 0 Å². The molecule has 0 amide bonds. The van der Waals surface area contributed by atoms with Gasteiger partial charge in [0.2, 0.25) is 0 Å². The fourth-order valence-corrected chi connectivity index (χ4v) is 6.77. The van der Waals surface area contributed by atoms with Crippen molar-refractivity contribution in [2.75, 3.05) is 0 Å². The topological polar surface area (TPSA) is 37.3 Å². The predicted molar refractivity (Wildman–Crippen MR) is 87.3 cm³/mol. The lowest BCUT2D eigenvalue weighted by atomic mass is 9.49. The van der Waals surface area contributed by atoms with Gasteiger partial charge in [0, 0.05) is 6.42 Å². The lowest BCUT2D eigenvalue weighted by Crippen LogP contribution is -2.50. The molecule has 3 saturated carbocycles. The third kappa shape index (κ3) is 1.99. The molecule has 122 valence electrons. The zero-order valence-corrected chi connectivity index (χ0v) is 14.1. The zero-order valence-electron chi connectivity index (χ0n) is 14.1. The molecule has 4 aliphatic carbocycles. The minimum Gasteiger partial charge on any atom is -0.393 e. The summed E-state index contributed by atoms with van der Waals surface area (Å²) < 4.78 is 0. The molecule has 2 heteroatoms. The highest BCUT2D eigenvalue weighted by Gasteiger charge is 2.57. The summed E-state index contributed by atoms with van der Waals surface area (Å²) in [7, 11) is 0. The minimum absolute atomic E-state index is 0.0826. The Morgan fingerprint density at radius 1 is 1.27 bits per heavy atom. The molecule has 2 nitrogen and oxygen atoms in total. The van der Waals surface area contributed by atoms with Crippen molar-refractivity contribution in [2.45, 2.75) is 71.3 Å². The van der Waals surface area contributed by atoms with Crippen LogP contribution in [0.3, 0.4) is 0 Å². The molecule has 4 aliphatic rings. The first-order valence-electron chi connectivity index (χ1n) is 9.46. The van der Waals surface area contributed by atoms with Crippen LogP contribution in [-0.2, 0) is 4.79 Å². The first kappa shape index (κ1) is 14.9. The van der Waals surface area contributed by atoms with Crippen LogP contribution >= 0.6 is 0 Å². The first-order valence-corrected chi connectivity index (χ1v) is 9.46. The minimum atomic E-state index is -0.0826. The molecule has 0 heterocycles. The second-order valence-corrected chi connectivity index (χ2v) is 8.69. The molecule has 3 fully saturated rings. The average Bonchev–Trinajstić information content (AvgIpc) is 2.81. The summed E-state index contributed by atoms with van der Waals surface area (Å²) in [6.07, 6.45) is 10.8. The third-order valence-corrected chi connectivity index (χ3v) is 7.94. The van der Waals surface area contributed by atoms with Crippen molar-refractivity contribution in [3.05, 3.63) is 11.6 Å². The lowest BCUT2D eigenvalue weighted by Gasteiger charge is -2.56. The Morgan fingerprint density at radius 2 is 2.09 bits per heavy atom. The van der Waals surface area contributed by atoms with Crippen molar-refractivity contribution in [2.24, 2.45) is 35.0 Å². The molecule has 22 heavy (non-hydrogen) atoms. The Balaban J connectivity index is 1.70. The van der Waals surface area contributed by atoms with E-state index in [1.54, 1.807) is 0 Å². The van der Waals surface area contributed by atoms with Crippen LogP contribution in [-0.4, -0.2) is 17.0 Å². The van der Waals surface area contributed by atoms with Gasteiger partial charge >= 0.3 is 0 Å². The summed E-state index contributed by atoms with van der Waals surface area (Å²) in [5.74, 6) is 4.04. The Hall–Kier alpha value is -0.630. The normalized spacial score (nSPS) is 50.9. The van der Waals surface area contributed by atoms with Gasteiger partial charge in [0.25, 0.3) is 0 Å². The van der Waals surface area contributed by atoms with Crippen LogP contribution in [0.15, 0.2) is 11.6 Å². The molecule has 0 radical (unpaired) electrons. The summed E-state index contributed by atoms with van der Waals surface area (Å²) in [5, 5.41) is 10.5. The Morgan fingerprint density at radius 3 is 2.86 bits per heavy atom. The molecule has 0 aromatic rings. The van der Waals surface area contributed by atoms with Gasteiger partial charge in [-0.15, -0.1) is 0 Å². The summed E-state index contributed by atoms with van der Waals surface area (Å²) in [5.41, 5.74) is 1.65. The number of hydrogen-bond donors (Lipinski definition) is 1. The van der Waals surface area contributed by atoms with Gasteiger partial charge in [-0.2, -0.15) is 0 Å². The van der Waals surface area contributed by atoms with Crippen LogP contribution in [0.1, 0.15) is 65.2 Å². The quantitative estimate of drug-likeness (QED) is 0.791. The summed E-state index contributed by atoms with van der Waals surface area (Å²) in [4.78, 5) is 11.8. The highest BCUT2D eigenvalue weighted by molar-refractivity contribution is 5.91. The third-order valence-electron chi connectivity index (χ3n) is 7.94. The average molecular weight is 302 g/mol. The second kappa shape index (κ2) is 5.19. The maximum atomic E-state index is 11.8. The molecular weight excluding hydrogens is 272 g/mol. The molecule has 0 bridgehead atoms. The van der Waals surface area contributed by atoms with Crippen molar-refractivity contribution in [3.8, 4) is 0 Å². The second-order valence-electron chi connectivity index (χ2n) is 8.69. The van der Waals surface area contributed by atoms with E-state index in [0.717, 1.165) is 43.4 Å². The largest absolute Gasteiger partial charge is 0.393 e. The summed E-state index contributed by atoms with van der Waals surface area (Å²) >= 11 is 0. The van der Waals surface area contributed by atoms with Crippen LogP contribution in [0.4, 0.5) is 0 Å². The predicted octanol–water partition coefficient (Wildman–Crippen LogP) is 4.13. The molecule has 0 aliphatic heterocycles. The molecular formula is C20H30O2. The molecule has 7 atom stereocenters. The number of aliphatic hydroxyl groups excluding tert-OH is 1. The van der Waals surface area contributed by atoms with E-state index < -0.39 is 0 Å². The van der Waals surface area contributed by atoms with E-state index in [0.29, 0.717) is 17.6 Å². The lowest BCUT2D eigenvalue weighted by molar-refractivity contribution is -0.116. The van der Waals surface area contributed by atoms with Crippen molar-refractivity contribution >= 4 is 5.78 Å². The van der Waals surface area contributed by atoms with Crippen LogP contribution in [0.25, 0.3) is 0 Å². The molecule has 0 aromatic heterocycles.